The molecular weight excluding hydrogens is 395 g/mol. The van der Waals surface area contributed by atoms with Crippen LogP contribution in [0.2, 0.25) is 0 Å². The van der Waals surface area contributed by atoms with Gasteiger partial charge in [-0.15, -0.1) is 11.3 Å². The molecule has 0 fully saturated rings. The van der Waals surface area contributed by atoms with Gasteiger partial charge in [-0.1, -0.05) is 36.1 Å². The topological polar surface area (TPSA) is 59.1 Å². The number of benzene rings is 2. The summed E-state index contributed by atoms with van der Waals surface area (Å²) in [6.07, 6.45) is 3.91. The molecule has 30 heavy (non-hydrogen) atoms. The fourth-order valence-electron chi connectivity index (χ4n) is 3.24. The first kappa shape index (κ1) is 19.8. The molecule has 0 unspecified atom stereocenters. The molecule has 0 aliphatic rings. The highest BCUT2D eigenvalue weighted by Gasteiger charge is 2.21. The molecule has 0 bridgehead atoms. The number of rotatable bonds is 4. The second-order valence-electron chi connectivity index (χ2n) is 6.65. The second-order valence-corrected chi connectivity index (χ2v) is 7.67. The van der Waals surface area contributed by atoms with Crippen molar-refractivity contribution in [3.05, 3.63) is 83.8 Å². The van der Waals surface area contributed by atoms with E-state index in [4.69, 9.17) is 10.8 Å². The van der Waals surface area contributed by atoms with Gasteiger partial charge >= 0.3 is 0 Å². The Morgan fingerprint density at radius 3 is 2.17 bits per heavy atom. The first-order chi connectivity index (χ1) is 14.7. The van der Waals surface area contributed by atoms with Crippen LogP contribution >= 0.6 is 11.3 Å². The third-order valence-electron chi connectivity index (χ3n) is 4.62. The zero-order valence-electron chi connectivity index (χ0n) is 16.1. The Balaban J connectivity index is 2.03. The first-order valence-corrected chi connectivity index (χ1v) is 10.3. The molecule has 2 heterocycles. The number of aliphatic hydroxyl groups is 1. The van der Waals surface area contributed by atoms with Gasteiger partial charge in [0.2, 0.25) is 0 Å². The molecule has 3 nitrogen and oxygen atoms in total. The Labute approximate surface area is 178 Å². The van der Waals surface area contributed by atoms with Gasteiger partial charge in [-0.2, -0.15) is 0 Å². The van der Waals surface area contributed by atoms with E-state index in [0.717, 1.165) is 37.6 Å². The zero-order chi connectivity index (χ0) is 20.9. The van der Waals surface area contributed by atoms with E-state index in [-0.39, 0.29) is 12.4 Å². The highest BCUT2D eigenvalue weighted by Crippen LogP contribution is 2.47. The standard InChI is InChI=1S/C25H19FN2OS/c26-20-8-4-19(5-9-20)25-24(18-12-14-28-15-13-18)23(17-6-10-21(27)11-7-17)22(30-25)3-1-2-16-29/h4-15,29H,2,16,27H2. The molecule has 0 aliphatic carbocycles. The van der Waals surface area contributed by atoms with Crippen LogP contribution in [0, 0.1) is 17.7 Å². The number of anilines is 1. The summed E-state index contributed by atoms with van der Waals surface area (Å²) in [4.78, 5) is 6.04. The number of aliphatic hydroxyl groups excluding tert-OH is 1. The molecule has 0 saturated carbocycles. The minimum atomic E-state index is -0.275. The average Bonchev–Trinajstić information content (AvgIpc) is 3.15. The molecule has 148 valence electrons. The molecule has 2 aromatic heterocycles. The van der Waals surface area contributed by atoms with Gasteiger partial charge in [0.25, 0.3) is 0 Å². The summed E-state index contributed by atoms with van der Waals surface area (Å²) in [5.41, 5.74) is 11.5. The molecule has 4 aromatic rings. The molecule has 0 aliphatic heterocycles. The normalized spacial score (nSPS) is 10.5. The molecular formula is C25H19FN2OS. The van der Waals surface area contributed by atoms with Crippen molar-refractivity contribution >= 4 is 17.0 Å². The number of hydrogen-bond donors (Lipinski definition) is 2. The van der Waals surface area contributed by atoms with Crippen molar-refractivity contribution < 1.29 is 9.50 Å². The molecule has 0 amide bonds. The van der Waals surface area contributed by atoms with Crippen LogP contribution in [0.15, 0.2) is 73.1 Å². The van der Waals surface area contributed by atoms with Gasteiger partial charge in [0.05, 0.1) is 11.5 Å². The Bertz CT molecular complexity index is 1200. The Kier molecular flexibility index (Phi) is 5.89. The fraction of sp³-hybridized carbons (Fsp3) is 0.0800. The van der Waals surface area contributed by atoms with Gasteiger partial charge in [-0.3, -0.25) is 4.98 Å². The Hall–Kier alpha value is -3.46. The lowest BCUT2D eigenvalue weighted by Crippen LogP contribution is -1.88. The predicted molar refractivity (Wildman–Crippen MR) is 121 cm³/mol. The van der Waals surface area contributed by atoms with Crippen molar-refractivity contribution in [2.45, 2.75) is 6.42 Å². The van der Waals surface area contributed by atoms with Crippen molar-refractivity contribution in [1.82, 2.24) is 4.98 Å². The summed E-state index contributed by atoms with van der Waals surface area (Å²) < 4.78 is 13.6. The third-order valence-corrected chi connectivity index (χ3v) is 5.78. The largest absolute Gasteiger partial charge is 0.399 e. The van der Waals surface area contributed by atoms with Gasteiger partial charge < -0.3 is 10.8 Å². The van der Waals surface area contributed by atoms with E-state index in [1.807, 2.05) is 36.4 Å². The van der Waals surface area contributed by atoms with Gasteiger partial charge in [-0.05, 0) is 53.1 Å². The van der Waals surface area contributed by atoms with Crippen LogP contribution < -0.4 is 5.73 Å². The maximum absolute atomic E-state index is 13.6. The van der Waals surface area contributed by atoms with E-state index in [9.17, 15) is 4.39 Å². The number of halogens is 1. The summed E-state index contributed by atoms with van der Waals surface area (Å²) in [7, 11) is 0. The lowest BCUT2D eigenvalue weighted by atomic mass is 9.93. The molecule has 3 N–H and O–H groups in total. The van der Waals surface area contributed by atoms with Crippen LogP contribution in [0.4, 0.5) is 10.1 Å². The van der Waals surface area contributed by atoms with Crippen LogP contribution in [0.3, 0.4) is 0 Å². The van der Waals surface area contributed by atoms with Crippen molar-refractivity contribution in [2.75, 3.05) is 12.3 Å². The number of nitrogens with zero attached hydrogens (tertiary/aromatic N) is 1. The van der Waals surface area contributed by atoms with Crippen LogP contribution in [0.25, 0.3) is 32.7 Å². The molecule has 0 saturated heterocycles. The van der Waals surface area contributed by atoms with E-state index in [2.05, 4.69) is 16.8 Å². The van der Waals surface area contributed by atoms with E-state index in [1.54, 1.807) is 35.9 Å². The monoisotopic (exact) mass is 414 g/mol. The third kappa shape index (κ3) is 4.11. The van der Waals surface area contributed by atoms with E-state index in [0.29, 0.717) is 12.1 Å². The molecule has 4 rings (SSSR count). The van der Waals surface area contributed by atoms with Gasteiger partial charge in [0.1, 0.15) is 5.82 Å². The van der Waals surface area contributed by atoms with Gasteiger partial charge in [0, 0.05) is 40.5 Å². The van der Waals surface area contributed by atoms with Crippen LogP contribution in [0.1, 0.15) is 11.3 Å². The van der Waals surface area contributed by atoms with Crippen LogP contribution in [0.5, 0.6) is 0 Å². The van der Waals surface area contributed by atoms with Gasteiger partial charge in [0.15, 0.2) is 0 Å². The number of aromatic nitrogens is 1. The summed E-state index contributed by atoms with van der Waals surface area (Å²) in [5.74, 6) is 5.99. The zero-order valence-corrected chi connectivity index (χ0v) is 16.9. The van der Waals surface area contributed by atoms with E-state index in [1.165, 1.54) is 12.1 Å². The first-order valence-electron chi connectivity index (χ1n) is 9.46. The molecule has 5 heteroatoms. The highest BCUT2D eigenvalue weighted by molar-refractivity contribution is 7.17. The average molecular weight is 415 g/mol. The summed E-state index contributed by atoms with van der Waals surface area (Å²) in [6, 6.07) is 18.1. The number of nitrogens with two attached hydrogens (primary N) is 1. The SMILES string of the molecule is Nc1ccc(-c2c(C#CCCO)sc(-c3ccc(F)cc3)c2-c2ccncc2)cc1. The Morgan fingerprint density at radius 2 is 1.50 bits per heavy atom. The minimum Gasteiger partial charge on any atom is -0.399 e. The maximum Gasteiger partial charge on any atom is 0.123 e. The number of hydrogen-bond acceptors (Lipinski definition) is 4. The summed E-state index contributed by atoms with van der Waals surface area (Å²) in [6.45, 7) is 0.0115. The Morgan fingerprint density at radius 1 is 0.867 bits per heavy atom. The molecule has 0 atom stereocenters. The molecule has 2 aromatic carbocycles. The van der Waals surface area contributed by atoms with E-state index >= 15 is 0 Å². The van der Waals surface area contributed by atoms with E-state index < -0.39 is 0 Å². The second kappa shape index (κ2) is 8.91. The predicted octanol–water partition coefficient (Wildman–Crippen LogP) is 5.60. The summed E-state index contributed by atoms with van der Waals surface area (Å²) >= 11 is 1.56. The van der Waals surface area contributed by atoms with Crippen LogP contribution in [-0.2, 0) is 0 Å². The fourth-order valence-corrected chi connectivity index (χ4v) is 4.47. The van der Waals surface area contributed by atoms with Crippen molar-refractivity contribution in [3.8, 4) is 44.5 Å². The van der Waals surface area contributed by atoms with Gasteiger partial charge in [-0.25, -0.2) is 4.39 Å². The van der Waals surface area contributed by atoms with Crippen molar-refractivity contribution in [1.29, 1.82) is 0 Å². The summed E-state index contributed by atoms with van der Waals surface area (Å²) in [5, 5.41) is 9.15. The minimum absolute atomic E-state index is 0.0115. The number of pyridine rings is 1. The van der Waals surface area contributed by atoms with Crippen LogP contribution in [-0.4, -0.2) is 16.7 Å². The molecule has 0 spiro atoms. The van der Waals surface area contributed by atoms with Crippen molar-refractivity contribution in [3.63, 3.8) is 0 Å². The lowest BCUT2D eigenvalue weighted by Gasteiger charge is -2.09. The lowest BCUT2D eigenvalue weighted by molar-refractivity contribution is 0.305. The smallest absolute Gasteiger partial charge is 0.123 e. The van der Waals surface area contributed by atoms with Crippen molar-refractivity contribution in [2.24, 2.45) is 0 Å². The quantitative estimate of drug-likeness (QED) is 0.338. The maximum atomic E-state index is 13.6. The number of thiophene rings is 1. The molecule has 0 radical (unpaired) electrons. The number of nitrogen functional groups attached to an aromatic ring is 1. The highest BCUT2D eigenvalue weighted by atomic mass is 32.1.